The lowest BCUT2D eigenvalue weighted by molar-refractivity contribution is 0.111. The molecule has 3 rings (SSSR count). The summed E-state index contributed by atoms with van der Waals surface area (Å²) in [6, 6.07) is 7.05. The van der Waals surface area contributed by atoms with Crippen LogP contribution in [0.3, 0.4) is 0 Å². The molecular formula is C19H22N2O4. The molecule has 1 aromatic carbocycles. The highest BCUT2D eigenvalue weighted by Crippen LogP contribution is 2.30. The Labute approximate surface area is 146 Å². The molecule has 6 nitrogen and oxygen atoms in total. The summed E-state index contributed by atoms with van der Waals surface area (Å²) in [4.78, 5) is 11.2. The van der Waals surface area contributed by atoms with Gasteiger partial charge in [0.1, 0.15) is 18.1 Å². The first-order valence-electron chi connectivity index (χ1n) is 8.34. The zero-order valence-corrected chi connectivity index (χ0v) is 14.4. The Kier molecular flexibility index (Phi) is 5.19. The summed E-state index contributed by atoms with van der Waals surface area (Å²) in [5, 5.41) is 14.2. The number of hydrogen-bond donors (Lipinski definition) is 1. The molecule has 2 aromatic rings. The molecule has 1 aromatic heterocycles. The number of rotatable bonds is 6. The standard InChI is InChI=1S/C19H22N2O4/c1-13(2)21-17(6-8-20-21)15-7-9-24-11-14(15)12-25-19-5-3-4-18(23)16(19)10-22/h3-6,8,10,13,23H,7,9,11-12H2,1-2H3. The predicted octanol–water partition coefficient (Wildman–Crippen LogP) is 3.24. The second-order valence-corrected chi connectivity index (χ2v) is 6.23. The van der Waals surface area contributed by atoms with Crippen molar-refractivity contribution in [2.45, 2.75) is 26.3 Å². The molecule has 25 heavy (non-hydrogen) atoms. The van der Waals surface area contributed by atoms with E-state index in [1.807, 2.05) is 10.7 Å². The first kappa shape index (κ1) is 17.2. The third-order valence-electron chi connectivity index (χ3n) is 4.23. The molecule has 132 valence electrons. The number of aromatic hydroxyl groups is 1. The van der Waals surface area contributed by atoms with Gasteiger partial charge >= 0.3 is 0 Å². The maximum absolute atomic E-state index is 11.2. The fourth-order valence-electron chi connectivity index (χ4n) is 2.98. The minimum atomic E-state index is -0.0838. The molecule has 1 aliphatic heterocycles. The van der Waals surface area contributed by atoms with Crippen LogP contribution in [-0.2, 0) is 4.74 Å². The molecule has 1 aliphatic rings. The Morgan fingerprint density at radius 3 is 3.00 bits per heavy atom. The van der Waals surface area contributed by atoms with Crippen LogP contribution in [0.2, 0.25) is 0 Å². The van der Waals surface area contributed by atoms with Gasteiger partial charge in [-0.1, -0.05) is 6.07 Å². The van der Waals surface area contributed by atoms with Crippen LogP contribution in [0.5, 0.6) is 11.5 Å². The SMILES string of the molecule is CC(C)n1nccc1C1=C(COc2cccc(O)c2C=O)COCC1. The number of phenols is 1. The van der Waals surface area contributed by atoms with E-state index >= 15 is 0 Å². The smallest absolute Gasteiger partial charge is 0.157 e. The summed E-state index contributed by atoms with van der Waals surface area (Å²) in [5.74, 6) is 0.282. The number of aromatic nitrogens is 2. The molecule has 0 unspecified atom stereocenters. The average molecular weight is 342 g/mol. The van der Waals surface area contributed by atoms with E-state index in [9.17, 15) is 9.90 Å². The molecule has 0 atom stereocenters. The van der Waals surface area contributed by atoms with Gasteiger partial charge in [0.2, 0.25) is 0 Å². The van der Waals surface area contributed by atoms with Crippen LogP contribution in [0.1, 0.15) is 42.4 Å². The fraction of sp³-hybridized carbons (Fsp3) is 0.368. The molecule has 0 saturated carbocycles. The number of aldehydes is 1. The van der Waals surface area contributed by atoms with Crippen molar-refractivity contribution in [3.8, 4) is 11.5 Å². The van der Waals surface area contributed by atoms with Crippen molar-refractivity contribution in [3.05, 3.63) is 47.3 Å². The molecule has 1 N–H and O–H groups in total. The second-order valence-electron chi connectivity index (χ2n) is 6.23. The maximum atomic E-state index is 11.2. The van der Waals surface area contributed by atoms with Crippen molar-refractivity contribution >= 4 is 11.9 Å². The maximum Gasteiger partial charge on any atom is 0.157 e. The molecule has 2 heterocycles. The van der Waals surface area contributed by atoms with Gasteiger partial charge in [-0.05, 0) is 49.6 Å². The first-order valence-corrected chi connectivity index (χ1v) is 8.34. The van der Waals surface area contributed by atoms with Crippen molar-refractivity contribution in [1.82, 2.24) is 9.78 Å². The van der Waals surface area contributed by atoms with Gasteiger partial charge in [-0.3, -0.25) is 9.48 Å². The third kappa shape index (κ3) is 3.58. The zero-order chi connectivity index (χ0) is 17.8. The summed E-state index contributed by atoms with van der Waals surface area (Å²) in [6.07, 6.45) is 3.19. The number of carbonyl (C=O) groups is 1. The molecule has 0 fully saturated rings. The Morgan fingerprint density at radius 1 is 1.40 bits per heavy atom. The number of carbonyl (C=O) groups excluding carboxylic acids is 1. The van der Waals surface area contributed by atoms with Gasteiger partial charge in [0.25, 0.3) is 0 Å². The van der Waals surface area contributed by atoms with Crippen LogP contribution >= 0.6 is 0 Å². The summed E-state index contributed by atoms with van der Waals surface area (Å²) < 4.78 is 13.4. The molecule has 0 spiro atoms. The van der Waals surface area contributed by atoms with E-state index < -0.39 is 0 Å². The zero-order valence-electron chi connectivity index (χ0n) is 14.4. The monoisotopic (exact) mass is 342 g/mol. The van der Waals surface area contributed by atoms with Crippen LogP contribution in [0.15, 0.2) is 36.0 Å². The molecule has 0 saturated heterocycles. The van der Waals surface area contributed by atoms with Crippen LogP contribution in [0, 0.1) is 0 Å². The summed E-state index contributed by atoms with van der Waals surface area (Å²) in [6.45, 7) is 5.62. The summed E-state index contributed by atoms with van der Waals surface area (Å²) >= 11 is 0. The van der Waals surface area contributed by atoms with Gasteiger partial charge in [-0.25, -0.2) is 0 Å². The van der Waals surface area contributed by atoms with Crippen LogP contribution in [0.4, 0.5) is 0 Å². The lowest BCUT2D eigenvalue weighted by Gasteiger charge is -2.23. The van der Waals surface area contributed by atoms with Crippen molar-refractivity contribution < 1.29 is 19.4 Å². The van der Waals surface area contributed by atoms with Crippen LogP contribution in [0.25, 0.3) is 5.57 Å². The summed E-state index contributed by atoms with van der Waals surface area (Å²) in [5.41, 5.74) is 3.43. The van der Waals surface area contributed by atoms with Crippen LogP contribution < -0.4 is 4.74 Å². The normalized spacial score (nSPS) is 14.8. The largest absolute Gasteiger partial charge is 0.507 e. The van der Waals surface area contributed by atoms with Gasteiger partial charge in [0.05, 0.1) is 24.5 Å². The molecular weight excluding hydrogens is 320 g/mol. The molecule has 0 amide bonds. The van der Waals surface area contributed by atoms with Gasteiger partial charge in [0.15, 0.2) is 6.29 Å². The third-order valence-corrected chi connectivity index (χ3v) is 4.23. The number of benzene rings is 1. The van der Waals surface area contributed by atoms with Crippen molar-refractivity contribution in [2.24, 2.45) is 0 Å². The minimum Gasteiger partial charge on any atom is -0.507 e. The Balaban J connectivity index is 1.89. The van der Waals surface area contributed by atoms with E-state index in [0.717, 1.165) is 17.7 Å². The second kappa shape index (κ2) is 7.53. The number of nitrogens with zero attached hydrogens (tertiary/aromatic N) is 2. The number of hydrogen-bond acceptors (Lipinski definition) is 5. The van der Waals surface area contributed by atoms with E-state index in [2.05, 4.69) is 18.9 Å². The number of ether oxygens (including phenoxy) is 2. The van der Waals surface area contributed by atoms with Crippen molar-refractivity contribution in [2.75, 3.05) is 19.8 Å². The van der Waals surface area contributed by atoms with E-state index in [1.165, 1.54) is 11.6 Å². The van der Waals surface area contributed by atoms with Crippen LogP contribution in [-0.4, -0.2) is 41.0 Å². The highest BCUT2D eigenvalue weighted by Gasteiger charge is 2.20. The first-order chi connectivity index (χ1) is 12.1. The lowest BCUT2D eigenvalue weighted by atomic mass is 10.0. The minimum absolute atomic E-state index is 0.0838. The van der Waals surface area contributed by atoms with E-state index in [4.69, 9.17) is 9.47 Å². The van der Waals surface area contributed by atoms with Gasteiger partial charge < -0.3 is 14.6 Å². The molecule has 0 radical (unpaired) electrons. The molecule has 0 aliphatic carbocycles. The molecule has 0 bridgehead atoms. The topological polar surface area (TPSA) is 73.6 Å². The van der Waals surface area contributed by atoms with E-state index in [-0.39, 0.29) is 17.4 Å². The Hall–Kier alpha value is -2.60. The van der Waals surface area contributed by atoms with E-state index in [1.54, 1.807) is 18.3 Å². The summed E-state index contributed by atoms with van der Waals surface area (Å²) in [7, 11) is 0. The van der Waals surface area contributed by atoms with Crippen molar-refractivity contribution in [1.29, 1.82) is 0 Å². The fourth-order valence-corrected chi connectivity index (χ4v) is 2.98. The van der Waals surface area contributed by atoms with Gasteiger partial charge in [-0.15, -0.1) is 0 Å². The number of phenolic OH excluding ortho intramolecular Hbond substituents is 1. The Bertz CT molecular complexity index is 792. The van der Waals surface area contributed by atoms with Gasteiger partial charge in [0, 0.05) is 12.2 Å². The van der Waals surface area contributed by atoms with Gasteiger partial charge in [-0.2, -0.15) is 5.10 Å². The quantitative estimate of drug-likeness (QED) is 0.816. The molecule has 6 heteroatoms. The average Bonchev–Trinajstić information content (AvgIpc) is 3.10. The predicted molar refractivity (Wildman–Crippen MR) is 94.0 cm³/mol. The highest BCUT2D eigenvalue weighted by atomic mass is 16.5. The van der Waals surface area contributed by atoms with Crippen molar-refractivity contribution in [3.63, 3.8) is 0 Å². The lowest BCUT2D eigenvalue weighted by Crippen LogP contribution is -2.18. The van der Waals surface area contributed by atoms with E-state index in [0.29, 0.717) is 31.9 Å². The highest BCUT2D eigenvalue weighted by molar-refractivity contribution is 5.83. The Morgan fingerprint density at radius 2 is 2.24 bits per heavy atom.